The van der Waals surface area contributed by atoms with Gasteiger partial charge in [-0.05, 0) is 42.3 Å². The van der Waals surface area contributed by atoms with Crippen LogP contribution in [0.25, 0.3) is 10.9 Å². The molecule has 2 heterocycles. The lowest BCUT2D eigenvalue weighted by Crippen LogP contribution is -2.49. The first-order chi connectivity index (χ1) is 13.6. The van der Waals surface area contributed by atoms with E-state index in [0.717, 1.165) is 48.8 Å². The van der Waals surface area contributed by atoms with Crippen LogP contribution >= 0.6 is 0 Å². The Balaban J connectivity index is 1.39. The Hall–Kier alpha value is -3.08. The Morgan fingerprint density at radius 1 is 1.04 bits per heavy atom. The van der Waals surface area contributed by atoms with Crippen LogP contribution in [-0.4, -0.2) is 49.1 Å². The Morgan fingerprint density at radius 2 is 1.75 bits per heavy atom. The van der Waals surface area contributed by atoms with Crippen molar-refractivity contribution in [3.05, 3.63) is 65.7 Å². The van der Waals surface area contributed by atoms with Gasteiger partial charge in [-0.25, -0.2) is 4.98 Å². The van der Waals surface area contributed by atoms with Crippen molar-refractivity contribution in [3.63, 3.8) is 0 Å². The van der Waals surface area contributed by atoms with Crippen molar-refractivity contribution < 1.29 is 9.53 Å². The molecule has 2 aromatic carbocycles. The Kier molecular flexibility index (Phi) is 5.15. The van der Waals surface area contributed by atoms with Gasteiger partial charge >= 0.3 is 0 Å². The van der Waals surface area contributed by atoms with Crippen LogP contribution in [0.15, 0.2) is 54.6 Å². The third-order valence-electron chi connectivity index (χ3n) is 5.38. The second-order valence-electron chi connectivity index (χ2n) is 7.21. The topological polar surface area (TPSA) is 45.7 Å². The molecule has 0 N–H and O–H groups in total. The number of ether oxygens (including phenoxy) is 1. The van der Waals surface area contributed by atoms with Gasteiger partial charge in [-0.2, -0.15) is 0 Å². The average molecular weight is 375 g/mol. The highest BCUT2D eigenvalue weighted by atomic mass is 16.5. The monoisotopic (exact) mass is 375 g/mol. The predicted octanol–water partition coefficient (Wildman–Crippen LogP) is 3.44. The number of carbonyl (C=O) groups excluding carboxylic acids is 1. The zero-order chi connectivity index (χ0) is 19.5. The van der Waals surface area contributed by atoms with E-state index in [2.05, 4.69) is 30.0 Å². The van der Waals surface area contributed by atoms with Crippen molar-refractivity contribution in [1.82, 2.24) is 9.88 Å². The molecule has 5 nitrogen and oxygen atoms in total. The van der Waals surface area contributed by atoms with E-state index in [1.54, 1.807) is 7.11 Å². The maximum Gasteiger partial charge on any atom is 0.227 e. The van der Waals surface area contributed by atoms with Crippen LogP contribution in [0.3, 0.4) is 0 Å². The average Bonchev–Trinajstić information content (AvgIpc) is 2.74. The van der Waals surface area contributed by atoms with Crippen LogP contribution in [0.4, 0.5) is 5.82 Å². The van der Waals surface area contributed by atoms with E-state index in [4.69, 9.17) is 9.72 Å². The molecule has 0 aliphatic carbocycles. The second kappa shape index (κ2) is 7.89. The van der Waals surface area contributed by atoms with Gasteiger partial charge in [-0.15, -0.1) is 0 Å². The SMILES string of the molecule is COc1ccc(CC(=O)N2CCN(c3cc(C)c4ccccc4n3)CC2)cc1. The third-order valence-corrected chi connectivity index (χ3v) is 5.38. The van der Waals surface area contributed by atoms with Crippen LogP contribution in [0.5, 0.6) is 5.75 Å². The van der Waals surface area contributed by atoms with E-state index in [-0.39, 0.29) is 5.91 Å². The number of methoxy groups -OCH3 is 1. The summed E-state index contributed by atoms with van der Waals surface area (Å²) >= 11 is 0. The van der Waals surface area contributed by atoms with E-state index >= 15 is 0 Å². The normalized spacial score (nSPS) is 14.4. The number of aryl methyl sites for hydroxylation is 1. The highest BCUT2D eigenvalue weighted by molar-refractivity contribution is 5.84. The number of piperazine rings is 1. The molecule has 1 aromatic heterocycles. The highest BCUT2D eigenvalue weighted by Crippen LogP contribution is 2.23. The van der Waals surface area contributed by atoms with Gasteiger partial charge in [-0.1, -0.05) is 30.3 Å². The molecule has 1 saturated heterocycles. The van der Waals surface area contributed by atoms with Crippen molar-refractivity contribution in [2.45, 2.75) is 13.3 Å². The van der Waals surface area contributed by atoms with Crippen LogP contribution < -0.4 is 9.64 Å². The number of hydrogen-bond acceptors (Lipinski definition) is 4. The van der Waals surface area contributed by atoms with Gasteiger partial charge in [0.25, 0.3) is 0 Å². The molecule has 0 radical (unpaired) electrons. The van der Waals surface area contributed by atoms with Crippen LogP contribution in [-0.2, 0) is 11.2 Å². The van der Waals surface area contributed by atoms with Crippen molar-refractivity contribution >= 4 is 22.6 Å². The van der Waals surface area contributed by atoms with Gasteiger partial charge in [0.2, 0.25) is 5.91 Å². The number of hydrogen-bond donors (Lipinski definition) is 0. The van der Waals surface area contributed by atoms with E-state index in [0.29, 0.717) is 6.42 Å². The number of carbonyl (C=O) groups is 1. The summed E-state index contributed by atoms with van der Waals surface area (Å²) in [7, 11) is 1.64. The van der Waals surface area contributed by atoms with Gasteiger partial charge in [0.15, 0.2) is 0 Å². The zero-order valence-corrected chi connectivity index (χ0v) is 16.4. The first kappa shape index (κ1) is 18.3. The quantitative estimate of drug-likeness (QED) is 0.701. The molecule has 0 bridgehead atoms. The molecule has 0 unspecified atom stereocenters. The first-order valence-corrected chi connectivity index (χ1v) is 9.66. The number of rotatable bonds is 4. The van der Waals surface area contributed by atoms with Gasteiger partial charge in [-0.3, -0.25) is 4.79 Å². The smallest absolute Gasteiger partial charge is 0.227 e. The van der Waals surface area contributed by atoms with Crippen molar-refractivity contribution in [2.75, 3.05) is 38.2 Å². The standard InChI is InChI=1S/C23H25N3O2/c1-17-15-22(24-21-6-4-3-5-20(17)21)25-11-13-26(14-12-25)23(27)16-18-7-9-19(28-2)10-8-18/h3-10,15H,11-14,16H2,1-2H3. The molecular formula is C23H25N3O2. The zero-order valence-electron chi connectivity index (χ0n) is 16.4. The lowest BCUT2D eigenvalue weighted by molar-refractivity contribution is -0.130. The summed E-state index contributed by atoms with van der Waals surface area (Å²) in [5, 5.41) is 1.19. The fourth-order valence-electron chi connectivity index (χ4n) is 3.71. The number of anilines is 1. The number of fused-ring (bicyclic) bond motifs is 1. The number of para-hydroxylation sites is 1. The fourth-order valence-corrected chi connectivity index (χ4v) is 3.71. The molecule has 0 spiro atoms. The minimum atomic E-state index is 0.174. The van der Waals surface area contributed by atoms with Crippen LogP contribution in [0, 0.1) is 6.92 Å². The van der Waals surface area contributed by atoms with Gasteiger partial charge in [0.05, 0.1) is 19.0 Å². The van der Waals surface area contributed by atoms with Crippen molar-refractivity contribution in [2.24, 2.45) is 0 Å². The third kappa shape index (κ3) is 3.79. The largest absolute Gasteiger partial charge is 0.497 e. The second-order valence-corrected chi connectivity index (χ2v) is 7.21. The maximum atomic E-state index is 12.7. The van der Waals surface area contributed by atoms with E-state index < -0.39 is 0 Å². The highest BCUT2D eigenvalue weighted by Gasteiger charge is 2.22. The Bertz CT molecular complexity index is 977. The number of benzene rings is 2. The summed E-state index contributed by atoms with van der Waals surface area (Å²) in [6.07, 6.45) is 0.428. The minimum Gasteiger partial charge on any atom is -0.497 e. The molecule has 5 heteroatoms. The Morgan fingerprint density at radius 3 is 2.46 bits per heavy atom. The molecule has 1 aliphatic rings. The summed E-state index contributed by atoms with van der Waals surface area (Å²) < 4.78 is 5.17. The van der Waals surface area contributed by atoms with Gasteiger partial charge in [0.1, 0.15) is 11.6 Å². The number of nitrogens with zero attached hydrogens (tertiary/aromatic N) is 3. The lowest BCUT2D eigenvalue weighted by atomic mass is 10.1. The molecule has 3 aromatic rings. The number of aromatic nitrogens is 1. The molecule has 4 rings (SSSR count). The summed E-state index contributed by atoms with van der Waals surface area (Å²) in [6, 6.07) is 18.1. The van der Waals surface area contributed by atoms with Gasteiger partial charge in [0, 0.05) is 31.6 Å². The van der Waals surface area contributed by atoms with E-state index in [1.165, 1.54) is 10.9 Å². The molecule has 144 valence electrons. The lowest BCUT2D eigenvalue weighted by Gasteiger charge is -2.35. The van der Waals surface area contributed by atoms with Crippen LogP contribution in [0.2, 0.25) is 0 Å². The van der Waals surface area contributed by atoms with Gasteiger partial charge < -0.3 is 14.5 Å². The molecule has 28 heavy (non-hydrogen) atoms. The summed E-state index contributed by atoms with van der Waals surface area (Å²) in [5.41, 5.74) is 3.27. The number of amides is 1. The van der Waals surface area contributed by atoms with Crippen molar-refractivity contribution in [1.29, 1.82) is 0 Å². The number of pyridine rings is 1. The molecule has 1 aliphatic heterocycles. The van der Waals surface area contributed by atoms with E-state index in [1.807, 2.05) is 41.3 Å². The molecule has 1 amide bonds. The summed E-state index contributed by atoms with van der Waals surface area (Å²) in [4.78, 5) is 21.7. The molecule has 0 atom stereocenters. The molecular weight excluding hydrogens is 350 g/mol. The molecule has 1 fully saturated rings. The summed E-state index contributed by atoms with van der Waals surface area (Å²) in [6.45, 7) is 5.19. The maximum absolute atomic E-state index is 12.7. The predicted molar refractivity (Wildman–Crippen MR) is 112 cm³/mol. The van der Waals surface area contributed by atoms with Crippen LogP contribution in [0.1, 0.15) is 11.1 Å². The van der Waals surface area contributed by atoms with E-state index in [9.17, 15) is 4.79 Å². The summed E-state index contributed by atoms with van der Waals surface area (Å²) in [5.74, 6) is 1.98. The minimum absolute atomic E-state index is 0.174. The molecule has 0 saturated carbocycles. The van der Waals surface area contributed by atoms with Crippen molar-refractivity contribution in [3.8, 4) is 5.75 Å². The Labute approximate surface area is 165 Å². The fraction of sp³-hybridized carbons (Fsp3) is 0.304. The first-order valence-electron chi connectivity index (χ1n) is 9.66.